The number of benzene rings is 1. The molecule has 1 heterocycles. The number of nitrogens with zero attached hydrogens (tertiary/aromatic N) is 3. The van der Waals surface area contributed by atoms with Crippen LogP contribution in [0.1, 0.15) is 33.2 Å². The monoisotopic (exact) mass is 312 g/mol. The van der Waals surface area contributed by atoms with Crippen LogP contribution in [0.3, 0.4) is 0 Å². The molecule has 120 valence electrons. The second kappa shape index (κ2) is 5.96. The average Bonchev–Trinajstić information content (AvgIpc) is 2.83. The summed E-state index contributed by atoms with van der Waals surface area (Å²) in [7, 11) is 3.70. The minimum Gasteiger partial charge on any atom is -0.390 e. The molecule has 2 atom stereocenters. The summed E-state index contributed by atoms with van der Waals surface area (Å²) < 4.78 is 0. The Balaban J connectivity index is 1.83. The minimum atomic E-state index is -0.612. The fourth-order valence-electron chi connectivity index (χ4n) is 2.86. The summed E-state index contributed by atoms with van der Waals surface area (Å²) >= 11 is 0. The van der Waals surface area contributed by atoms with Crippen LogP contribution in [0.4, 0.5) is 5.95 Å². The lowest BCUT2D eigenvalue weighted by Gasteiger charge is -2.19. The van der Waals surface area contributed by atoms with Crippen LogP contribution in [0.15, 0.2) is 30.5 Å². The minimum absolute atomic E-state index is 0.270. The molecule has 3 rings (SSSR count). The number of anilines is 1. The number of carbonyl (C=O) groups is 1. The lowest BCUT2D eigenvalue weighted by Crippen LogP contribution is -2.34. The van der Waals surface area contributed by atoms with E-state index in [9.17, 15) is 9.90 Å². The third kappa shape index (κ3) is 2.90. The van der Waals surface area contributed by atoms with Crippen molar-refractivity contribution in [3.63, 3.8) is 0 Å². The molecule has 0 fully saturated rings. The van der Waals surface area contributed by atoms with Gasteiger partial charge in [0.2, 0.25) is 5.95 Å². The normalized spacial score (nSPS) is 19.3. The van der Waals surface area contributed by atoms with E-state index in [2.05, 4.69) is 15.3 Å². The Morgan fingerprint density at radius 1 is 1.35 bits per heavy atom. The molecule has 2 N–H and O–H groups in total. The molecule has 0 spiro atoms. The molecule has 23 heavy (non-hydrogen) atoms. The fraction of sp³-hybridized carbons (Fsp3) is 0.353. The van der Waals surface area contributed by atoms with Crippen molar-refractivity contribution >= 4 is 11.9 Å². The smallest absolute Gasteiger partial charge is 0.255 e. The predicted octanol–water partition coefficient (Wildman–Crippen LogP) is 1.24. The zero-order valence-electron chi connectivity index (χ0n) is 13.4. The molecule has 0 aliphatic heterocycles. The molecule has 2 aromatic rings. The van der Waals surface area contributed by atoms with Gasteiger partial charge in [-0.3, -0.25) is 4.79 Å². The molecule has 0 saturated heterocycles. The van der Waals surface area contributed by atoms with Crippen molar-refractivity contribution in [3.8, 4) is 0 Å². The Bertz CT molecular complexity index is 745. The van der Waals surface area contributed by atoms with Crippen LogP contribution in [0.2, 0.25) is 0 Å². The van der Waals surface area contributed by atoms with Crippen LogP contribution in [0.5, 0.6) is 0 Å². The van der Waals surface area contributed by atoms with E-state index >= 15 is 0 Å². The van der Waals surface area contributed by atoms with Crippen LogP contribution in [-0.4, -0.2) is 41.2 Å². The van der Waals surface area contributed by atoms with Crippen molar-refractivity contribution in [2.75, 3.05) is 19.0 Å². The van der Waals surface area contributed by atoms with Crippen molar-refractivity contribution in [2.45, 2.75) is 25.5 Å². The number of aliphatic hydroxyl groups excluding tert-OH is 1. The van der Waals surface area contributed by atoms with E-state index < -0.39 is 12.1 Å². The number of carbonyl (C=O) groups excluding carboxylic acids is 1. The molecule has 0 unspecified atom stereocenters. The highest BCUT2D eigenvalue weighted by Gasteiger charge is 2.32. The van der Waals surface area contributed by atoms with Gasteiger partial charge in [0.05, 0.1) is 23.4 Å². The van der Waals surface area contributed by atoms with Crippen molar-refractivity contribution in [1.29, 1.82) is 0 Å². The molecule has 0 saturated carbocycles. The number of fused-ring (bicyclic) bond motifs is 1. The summed E-state index contributed by atoms with van der Waals surface area (Å²) in [6, 6.07) is 7.37. The van der Waals surface area contributed by atoms with Crippen LogP contribution in [0, 0.1) is 6.92 Å². The predicted molar refractivity (Wildman–Crippen MR) is 87.5 cm³/mol. The Labute approximate surface area is 135 Å². The number of aromatic nitrogens is 2. The van der Waals surface area contributed by atoms with E-state index in [0.717, 1.165) is 11.1 Å². The van der Waals surface area contributed by atoms with Gasteiger partial charge in [0, 0.05) is 26.7 Å². The third-order valence-electron chi connectivity index (χ3n) is 4.10. The standard InChI is InChI=1S/C17H20N4O2/c1-10-13(9-18-17(19-10)21(2)3)16(23)20-15-12-7-5-4-6-11(12)8-14(15)22/h4-7,9,14-15,22H,8H2,1-3H3,(H,20,23)/t14-,15-/m1/s1. The number of hydrogen-bond donors (Lipinski definition) is 2. The average molecular weight is 312 g/mol. The van der Waals surface area contributed by atoms with Crippen LogP contribution in [0.25, 0.3) is 0 Å². The van der Waals surface area contributed by atoms with E-state index in [0.29, 0.717) is 23.6 Å². The molecular formula is C17H20N4O2. The molecular weight excluding hydrogens is 292 g/mol. The summed E-state index contributed by atoms with van der Waals surface area (Å²) in [6.45, 7) is 1.78. The maximum Gasteiger partial charge on any atom is 0.255 e. The van der Waals surface area contributed by atoms with Gasteiger partial charge in [0.25, 0.3) is 5.91 Å². The maximum atomic E-state index is 12.5. The molecule has 0 bridgehead atoms. The van der Waals surface area contributed by atoms with E-state index in [1.54, 1.807) is 11.8 Å². The molecule has 1 aromatic heterocycles. The van der Waals surface area contributed by atoms with Crippen LogP contribution < -0.4 is 10.2 Å². The zero-order valence-corrected chi connectivity index (χ0v) is 13.4. The van der Waals surface area contributed by atoms with E-state index in [-0.39, 0.29) is 5.91 Å². The quantitative estimate of drug-likeness (QED) is 0.891. The molecule has 1 aromatic carbocycles. The fourth-order valence-corrected chi connectivity index (χ4v) is 2.86. The Kier molecular flexibility index (Phi) is 4.00. The molecule has 1 amide bonds. The third-order valence-corrected chi connectivity index (χ3v) is 4.10. The summed E-state index contributed by atoms with van der Waals surface area (Å²) in [5, 5.41) is 13.1. The Hall–Kier alpha value is -2.47. The van der Waals surface area contributed by atoms with E-state index in [1.807, 2.05) is 38.4 Å². The van der Waals surface area contributed by atoms with Gasteiger partial charge < -0.3 is 15.3 Å². The first-order chi connectivity index (χ1) is 11.0. The second-order valence-corrected chi connectivity index (χ2v) is 5.98. The first-order valence-corrected chi connectivity index (χ1v) is 7.55. The van der Waals surface area contributed by atoms with Crippen molar-refractivity contribution in [1.82, 2.24) is 15.3 Å². The van der Waals surface area contributed by atoms with Gasteiger partial charge in [0.15, 0.2) is 0 Å². The maximum absolute atomic E-state index is 12.5. The molecule has 1 aliphatic carbocycles. The lowest BCUT2D eigenvalue weighted by atomic mass is 10.1. The number of hydrogen-bond acceptors (Lipinski definition) is 5. The van der Waals surface area contributed by atoms with Gasteiger partial charge in [-0.1, -0.05) is 24.3 Å². The van der Waals surface area contributed by atoms with Crippen LogP contribution in [-0.2, 0) is 6.42 Å². The summed E-state index contributed by atoms with van der Waals surface area (Å²) in [6.07, 6.45) is 1.47. The number of nitrogens with one attached hydrogen (secondary N) is 1. The van der Waals surface area contributed by atoms with Gasteiger partial charge in [-0.2, -0.15) is 0 Å². The van der Waals surface area contributed by atoms with Gasteiger partial charge in [-0.25, -0.2) is 9.97 Å². The number of aliphatic hydroxyl groups is 1. The highest BCUT2D eigenvalue weighted by Crippen LogP contribution is 2.31. The highest BCUT2D eigenvalue weighted by atomic mass is 16.3. The second-order valence-electron chi connectivity index (χ2n) is 5.98. The lowest BCUT2D eigenvalue weighted by molar-refractivity contribution is 0.0857. The van der Waals surface area contributed by atoms with Gasteiger partial charge in [-0.05, 0) is 18.1 Å². The Morgan fingerprint density at radius 2 is 2.09 bits per heavy atom. The SMILES string of the molecule is Cc1nc(N(C)C)ncc1C(=O)N[C@@H]1c2ccccc2C[C@H]1O. The van der Waals surface area contributed by atoms with Gasteiger partial charge >= 0.3 is 0 Å². The first kappa shape index (κ1) is 15.4. The summed E-state index contributed by atoms with van der Waals surface area (Å²) in [5.74, 6) is 0.291. The zero-order chi connectivity index (χ0) is 16.6. The van der Waals surface area contributed by atoms with Crippen molar-refractivity contribution in [3.05, 3.63) is 52.8 Å². The molecule has 0 radical (unpaired) electrons. The highest BCUT2D eigenvalue weighted by molar-refractivity contribution is 5.95. The number of aryl methyl sites for hydroxylation is 1. The van der Waals surface area contributed by atoms with Gasteiger partial charge in [-0.15, -0.1) is 0 Å². The Morgan fingerprint density at radius 3 is 2.78 bits per heavy atom. The van der Waals surface area contributed by atoms with Crippen molar-refractivity contribution < 1.29 is 9.90 Å². The summed E-state index contributed by atoms with van der Waals surface area (Å²) in [4.78, 5) is 22.8. The topological polar surface area (TPSA) is 78.4 Å². The number of amides is 1. The largest absolute Gasteiger partial charge is 0.390 e. The number of rotatable bonds is 3. The van der Waals surface area contributed by atoms with E-state index in [4.69, 9.17) is 0 Å². The molecule has 6 nitrogen and oxygen atoms in total. The first-order valence-electron chi connectivity index (χ1n) is 7.55. The molecule has 6 heteroatoms. The van der Waals surface area contributed by atoms with Crippen molar-refractivity contribution in [2.24, 2.45) is 0 Å². The van der Waals surface area contributed by atoms with E-state index in [1.165, 1.54) is 6.20 Å². The van der Waals surface area contributed by atoms with Gasteiger partial charge in [0.1, 0.15) is 0 Å². The summed E-state index contributed by atoms with van der Waals surface area (Å²) in [5.41, 5.74) is 3.08. The van der Waals surface area contributed by atoms with Crippen LogP contribution >= 0.6 is 0 Å². The molecule has 1 aliphatic rings.